The molecule has 3 nitrogen and oxygen atoms in total. The van der Waals surface area contributed by atoms with E-state index >= 15 is 0 Å². The molecular weight excluding hydrogens is 178 g/mol. The van der Waals surface area contributed by atoms with Crippen molar-refractivity contribution >= 4 is 5.97 Å². The van der Waals surface area contributed by atoms with E-state index in [0.717, 1.165) is 17.0 Å². The zero-order chi connectivity index (χ0) is 10.3. The number of hydrogen-bond acceptors (Lipinski definition) is 2. The van der Waals surface area contributed by atoms with Gasteiger partial charge in [-0.1, -0.05) is 0 Å². The summed E-state index contributed by atoms with van der Waals surface area (Å²) >= 11 is 0. The minimum Gasteiger partial charge on any atom is -0.481 e. The van der Waals surface area contributed by atoms with Crippen LogP contribution in [0, 0.1) is 19.8 Å². The third-order valence-corrected chi connectivity index (χ3v) is 2.80. The fraction of sp³-hybridized carbons (Fsp3) is 0.455. The lowest BCUT2D eigenvalue weighted by atomic mass is 10.1. The van der Waals surface area contributed by atoms with Gasteiger partial charge in [0.05, 0.1) is 5.92 Å². The molecule has 2 rings (SSSR count). The minimum absolute atomic E-state index is 0.266. The van der Waals surface area contributed by atoms with E-state index in [1.165, 1.54) is 5.56 Å². The molecule has 1 atom stereocenters. The molecule has 1 heterocycles. The second-order valence-electron chi connectivity index (χ2n) is 3.95. The summed E-state index contributed by atoms with van der Waals surface area (Å²) in [5.74, 6) is -0.974. The van der Waals surface area contributed by atoms with Crippen molar-refractivity contribution in [1.82, 2.24) is 4.98 Å². The van der Waals surface area contributed by atoms with Crippen LogP contribution >= 0.6 is 0 Å². The Morgan fingerprint density at radius 3 is 2.86 bits per heavy atom. The van der Waals surface area contributed by atoms with Crippen LogP contribution in [-0.2, 0) is 17.6 Å². The fourth-order valence-corrected chi connectivity index (χ4v) is 2.11. The monoisotopic (exact) mass is 191 g/mol. The van der Waals surface area contributed by atoms with E-state index in [9.17, 15) is 4.79 Å². The van der Waals surface area contributed by atoms with Gasteiger partial charge in [0.25, 0.3) is 0 Å². The summed E-state index contributed by atoms with van der Waals surface area (Å²) in [6, 6.07) is 2.02. The number of pyridine rings is 1. The van der Waals surface area contributed by atoms with E-state index in [1.807, 2.05) is 19.9 Å². The lowest BCUT2D eigenvalue weighted by Crippen LogP contribution is -2.13. The van der Waals surface area contributed by atoms with Crippen molar-refractivity contribution in [3.8, 4) is 0 Å². The molecule has 0 spiro atoms. The van der Waals surface area contributed by atoms with Crippen LogP contribution in [0.15, 0.2) is 6.07 Å². The predicted molar refractivity (Wildman–Crippen MR) is 52.2 cm³/mol. The number of carbonyl (C=O) groups is 1. The molecule has 1 aliphatic rings. The van der Waals surface area contributed by atoms with Gasteiger partial charge < -0.3 is 5.11 Å². The van der Waals surface area contributed by atoms with E-state index in [4.69, 9.17) is 5.11 Å². The Morgan fingerprint density at radius 1 is 1.50 bits per heavy atom. The first kappa shape index (κ1) is 9.19. The number of nitrogens with zero attached hydrogens (tertiary/aromatic N) is 1. The highest BCUT2D eigenvalue weighted by Gasteiger charge is 2.29. The van der Waals surface area contributed by atoms with Crippen LogP contribution in [-0.4, -0.2) is 16.1 Å². The molecule has 1 N–H and O–H groups in total. The topological polar surface area (TPSA) is 50.2 Å². The Morgan fingerprint density at radius 2 is 2.21 bits per heavy atom. The maximum absolute atomic E-state index is 10.8. The summed E-state index contributed by atoms with van der Waals surface area (Å²) in [6.07, 6.45) is 1.23. The summed E-state index contributed by atoms with van der Waals surface area (Å²) in [5, 5.41) is 8.92. The molecule has 0 saturated heterocycles. The van der Waals surface area contributed by atoms with Gasteiger partial charge in [-0.2, -0.15) is 0 Å². The van der Waals surface area contributed by atoms with E-state index in [0.29, 0.717) is 12.8 Å². The number of carboxylic acids is 1. The summed E-state index contributed by atoms with van der Waals surface area (Å²) in [7, 11) is 0. The first-order valence-electron chi connectivity index (χ1n) is 4.76. The number of aromatic nitrogens is 1. The number of aryl methyl sites for hydroxylation is 2. The number of aliphatic carboxylic acids is 1. The normalized spacial score (nSPS) is 19.4. The zero-order valence-corrected chi connectivity index (χ0v) is 8.37. The molecular formula is C11H13NO2. The number of hydrogen-bond donors (Lipinski definition) is 1. The molecule has 0 bridgehead atoms. The Kier molecular flexibility index (Phi) is 2.02. The van der Waals surface area contributed by atoms with E-state index < -0.39 is 5.97 Å². The van der Waals surface area contributed by atoms with E-state index in [2.05, 4.69) is 4.98 Å². The molecule has 0 fully saturated rings. The highest BCUT2D eigenvalue weighted by Crippen LogP contribution is 2.28. The predicted octanol–water partition coefficient (Wildman–Crippen LogP) is 1.50. The first-order valence-corrected chi connectivity index (χ1v) is 4.76. The largest absolute Gasteiger partial charge is 0.481 e. The van der Waals surface area contributed by atoms with Crippen molar-refractivity contribution < 1.29 is 9.90 Å². The summed E-state index contributed by atoms with van der Waals surface area (Å²) in [4.78, 5) is 15.2. The SMILES string of the molecule is Cc1cc(C)c2c(n1)CC(C(=O)O)C2. The van der Waals surface area contributed by atoms with Gasteiger partial charge in [-0.3, -0.25) is 9.78 Å². The minimum atomic E-state index is -0.708. The van der Waals surface area contributed by atoms with Crippen molar-refractivity contribution in [2.24, 2.45) is 5.92 Å². The zero-order valence-electron chi connectivity index (χ0n) is 8.37. The number of carboxylic acid groups (broad SMARTS) is 1. The Bertz CT molecular complexity index is 399. The molecule has 1 aromatic heterocycles. The van der Waals surface area contributed by atoms with Gasteiger partial charge in [0.15, 0.2) is 0 Å². The lowest BCUT2D eigenvalue weighted by molar-refractivity contribution is -0.141. The second kappa shape index (κ2) is 3.08. The van der Waals surface area contributed by atoms with Gasteiger partial charge in [0, 0.05) is 17.8 Å². The third-order valence-electron chi connectivity index (χ3n) is 2.80. The third kappa shape index (κ3) is 1.39. The molecule has 1 unspecified atom stereocenters. The van der Waals surface area contributed by atoms with Crippen LogP contribution in [0.25, 0.3) is 0 Å². The molecule has 0 aliphatic heterocycles. The van der Waals surface area contributed by atoms with Crippen molar-refractivity contribution in [2.75, 3.05) is 0 Å². The average molecular weight is 191 g/mol. The van der Waals surface area contributed by atoms with Crippen molar-refractivity contribution in [3.63, 3.8) is 0 Å². The highest BCUT2D eigenvalue weighted by molar-refractivity contribution is 5.72. The summed E-state index contributed by atoms with van der Waals surface area (Å²) < 4.78 is 0. The van der Waals surface area contributed by atoms with Crippen LogP contribution in [0.2, 0.25) is 0 Å². The van der Waals surface area contributed by atoms with Crippen LogP contribution in [0.4, 0.5) is 0 Å². The van der Waals surface area contributed by atoms with Crippen molar-refractivity contribution in [3.05, 3.63) is 28.6 Å². The number of fused-ring (bicyclic) bond motifs is 1. The standard InChI is InChI=1S/C11H13NO2/c1-6-3-7(2)12-10-5-8(11(13)14)4-9(6)10/h3,8H,4-5H2,1-2H3,(H,13,14). The van der Waals surface area contributed by atoms with E-state index in [1.54, 1.807) is 0 Å². The Hall–Kier alpha value is -1.38. The molecule has 74 valence electrons. The second-order valence-corrected chi connectivity index (χ2v) is 3.95. The maximum Gasteiger partial charge on any atom is 0.307 e. The van der Waals surface area contributed by atoms with Crippen LogP contribution < -0.4 is 0 Å². The molecule has 0 amide bonds. The summed E-state index contributed by atoms with van der Waals surface area (Å²) in [5.41, 5.74) is 4.28. The van der Waals surface area contributed by atoms with E-state index in [-0.39, 0.29) is 5.92 Å². The van der Waals surface area contributed by atoms with Gasteiger partial charge >= 0.3 is 5.97 Å². The molecule has 14 heavy (non-hydrogen) atoms. The van der Waals surface area contributed by atoms with Gasteiger partial charge in [0.2, 0.25) is 0 Å². The molecule has 0 aromatic carbocycles. The van der Waals surface area contributed by atoms with Gasteiger partial charge in [-0.25, -0.2) is 0 Å². The van der Waals surface area contributed by atoms with Crippen LogP contribution in [0.1, 0.15) is 22.5 Å². The van der Waals surface area contributed by atoms with Gasteiger partial charge in [0.1, 0.15) is 0 Å². The fourth-order valence-electron chi connectivity index (χ4n) is 2.11. The lowest BCUT2D eigenvalue weighted by Gasteiger charge is -2.03. The molecule has 1 aliphatic carbocycles. The molecule has 0 saturated carbocycles. The highest BCUT2D eigenvalue weighted by atomic mass is 16.4. The van der Waals surface area contributed by atoms with Crippen molar-refractivity contribution in [1.29, 1.82) is 0 Å². The van der Waals surface area contributed by atoms with Crippen molar-refractivity contribution in [2.45, 2.75) is 26.7 Å². The summed E-state index contributed by atoms with van der Waals surface area (Å²) in [6.45, 7) is 3.97. The Balaban J connectivity index is 2.39. The quantitative estimate of drug-likeness (QED) is 0.731. The molecule has 3 heteroatoms. The van der Waals surface area contributed by atoms with Gasteiger partial charge in [-0.05, 0) is 37.5 Å². The molecule has 1 aromatic rings. The Labute approximate surface area is 82.8 Å². The van der Waals surface area contributed by atoms with Gasteiger partial charge in [-0.15, -0.1) is 0 Å². The first-order chi connectivity index (χ1) is 6.58. The average Bonchev–Trinajstić information content (AvgIpc) is 2.47. The molecule has 0 radical (unpaired) electrons. The van der Waals surface area contributed by atoms with Crippen LogP contribution in [0.3, 0.4) is 0 Å². The van der Waals surface area contributed by atoms with Crippen LogP contribution in [0.5, 0.6) is 0 Å². The maximum atomic E-state index is 10.8. The number of rotatable bonds is 1. The smallest absolute Gasteiger partial charge is 0.307 e.